The number of benzene rings is 1. The van der Waals surface area contributed by atoms with Crippen molar-refractivity contribution in [1.29, 1.82) is 0 Å². The van der Waals surface area contributed by atoms with Gasteiger partial charge in [0, 0.05) is 12.0 Å². The van der Waals surface area contributed by atoms with E-state index >= 15 is 0 Å². The van der Waals surface area contributed by atoms with Crippen molar-refractivity contribution in [3.05, 3.63) is 28.8 Å². The molecule has 1 aromatic rings. The van der Waals surface area contributed by atoms with Gasteiger partial charge in [-0.15, -0.1) is 0 Å². The third-order valence-corrected chi connectivity index (χ3v) is 5.02. The van der Waals surface area contributed by atoms with Crippen molar-refractivity contribution in [3.8, 4) is 5.75 Å². The Morgan fingerprint density at radius 3 is 1.93 bits per heavy atom. The molecule has 170 valence electrons. The molecule has 1 aromatic carbocycles. The van der Waals surface area contributed by atoms with Gasteiger partial charge >= 0.3 is 11.9 Å². The molecule has 30 heavy (non-hydrogen) atoms. The van der Waals surface area contributed by atoms with Gasteiger partial charge in [-0.3, -0.25) is 4.79 Å². The lowest BCUT2D eigenvalue weighted by Gasteiger charge is -2.19. The van der Waals surface area contributed by atoms with Crippen LogP contribution in [0.4, 0.5) is 0 Å². The zero-order valence-electron chi connectivity index (χ0n) is 19.5. The molecule has 0 fully saturated rings. The maximum atomic E-state index is 11.6. The zero-order chi connectivity index (χ0) is 22.6. The number of rotatable bonds is 14. The van der Waals surface area contributed by atoms with Crippen molar-refractivity contribution >= 4 is 11.9 Å². The Bertz CT molecular complexity index is 673. The highest BCUT2D eigenvalue weighted by molar-refractivity contribution is 5.90. The van der Waals surface area contributed by atoms with Crippen molar-refractivity contribution in [3.63, 3.8) is 0 Å². The van der Waals surface area contributed by atoms with Gasteiger partial charge in [0.15, 0.2) is 0 Å². The summed E-state index contributed by atoms with van der Waals surface area (Å²) in [6.07, 6.45) is 10.6. The number of aromatic carboxylic acids is 1. The van der Waals surface area contributed by atoms with E-state index in [1.54, 1.807) is 19.1 Å². The Labute approximate surface area is 182 Å². The maximum Gasteiger partial charge on any atom is 0.336 e. The first kappa shape index (κ1) is 26.0. The van der Waals surface area contributed by atoms with Crippen LogP contribution in [0.1, 0.15) is 106 Å². The highest BCUT2D eigenvalue weighted by Gasteiger charge is 2.15. The van der Waals surface area contributed by atoms with Crippen LogP contribution in [0.2, 0.25) is 0 Å². The van der Waals surface area contributed by atoms with Gasteiger partial charge in [0.25, 0.3) is 0 Å². The minimum absolute atomic E-state index is 0.0928. The number of carboxylic acids is 1. The summed E-state index contributed by atoms with van der Waals surface area (Å²) in [4.78, 5) is 22.9. The van der Waals surface area contributed by atoms with Crippen LogP contribution in [0.15, 0.2) is 12.1 Å². The lowest BCUT2D eigenvalue weighted by molar-refractivity contribution is -0.154. The highest BCUT2D eigenvalue weighted by atomic mass is 16.6. The number of carbonyl (C=O) groups is 2. The second kappa shape index (κ2) is 13.3. The second-order valence-electron chi connectivity index (χ2n) is 9.06. The SMILES string of the molecule is Cc1ccc(C(=O)O)c(C)c1OCCCCCCCCCCCC(=O)OC(C)(C)C. The van der Waals surface area contributed by atoms with Crippen molar-refractivity contribution < 1.29 is 24.2 Å². The number of aryl methyl sites for hydroxylation is 1. The summed E-state index contributed by atoms with van der Waals surface area (Å²) in [6.45, 7) is 10.1. The quantitative estimate of drug-likeness (QED) is 0.270. The molecule has 5 nitrogen and oxygen atoms in total. The van der Waals surface area contributed by atoms with Crippen molar-refractivity contribution in [2.45, 2.75) is 104 Å². The standard InChI is InChI=1S/C25H40O5/c1-19-16-17-21(24(27)28)20(2)23(19)29-18-14-12-10-8-6-7-9-11-13-15-22(26)30-25(3,4)5/h16-17H,6-15,18H2,1-5H3,(H,27,28). The van der Waals surface area contributed by atoms with Crippen LogP contribution in [0.25, 0.3) is 0 Å². The summed E-state index contributed by atoms with van der Waals surface area (Å²) >= 11 is 0. The van der Waals surface area contributed by atoms with E-state index in [-0.39, 0.29) is 11.6 Å². The molecule has 5 heteroatoms. The molecule has 0 aliphatic rings. The molecule has 0 radical (unpaired) electrons. The topological polar surface area (TPSA) is 72.8 Å². The molecule has 1 N–H and O–H groups in total. The van der Waals surface area contributed by atoms with Crippen molar-refractivity contribution in [1.82, 2.24) is 0 Å². The molecule has 0 aromatic heterocycles. The van der Waals surface area contributed by atoms with E-state index in [1.165, 1.54) is 32.1 Å². The van der Waals surface area contributed by atoms with E-state index in [9.17, 15) is 14.7 Å². The Kier molecular flexibility index (Phi) is 11.5. The molecular weight excluding hydrogens is 380 g/mol. The minimum Gasteiger partial charge on any atom is -0.493 e. The number of hydrogen-bond donors (Lipinski definition) is 1. The molecule has 0 amide bonds. The number of esters is 1. The molecule has 0 spiro atoms. The van der Waals surface area contributed by atoms with E-state index < -0.39 is 5.97 Å². The third-order valence-electron chi connectivity index (χ3n) is 5.02. The van der Waals surface area contributed by atoms with Gasteiger partial charge < -0.3 is 14.6 Å². The van der Waals surface area contributed by atoms with E-state index in [2.05, 4.69) is 0 Å². The summed E-state index contributed by atoms with van der Waals surface area (Å²) in [5, 5.41) is 9.23. The lowest BCUT2D eigenvalue weighted by Crippen LogP contribution is -2.23. The first-order chi connectivity index (χ1) is 14.1. The normalized spacial score (nSPS) is 11.4. The van der Waals surface area contributed by atoms with Crippen molar-refractivity contribution in [2.75, 3.05) is 6.61 Å². The number of carbonyl (C=O) groups excluding carboxylic acids is 1. The molecule has 0 saturated heterocycles. The fourth-order valence-electron chi connectivity index (χ4n) is 3.46. The summed E-state index contributed by atoms with van der Waals surface area (Å²) in [6, 6.07) is 3.44. The predicted octanol–water partition coefficient (Wildman–Crippen LogP) is 6.62. The molecule has 1 rings (SSSR count). The summed E-state index contributed by atoms with van der Waals surface area (Å²) in [5.74, 6) is -0.298. The number of carboxylic acid groups (broad SMARTS) is 1. The van der Waals surface area contributed by atoms with Crippen LogP contribution >= 0.6 is 0 Å². The number of ether oxygens (including phenoxy) is 2. The maximum absolute atomic E-state index is 11.6. The van der Waals surface area contributed by atoms with Gasteiger partial charge in [0.1, 0.15) is 11.4 Å². The van der Waals surface area contributed by atoms with Crippen LogP contribution in [-0.4, -0.2) is 29.3 Å². The van der Waals surface area contributed by atoms with Gasteiger partial charge in [-0.05, 0) is 59.1 Å². The molecular formula is C25H40O5. The predicted molar refractivity (Wildman–Crippen MR) is 120 cm³/mol. The van der Waals surface area contributed by atoms with Crippen LogP contribution in [0.3, 0.4) is 0 Å². The largest absolute Gasteiger partial charge is 0.493 e. The van der Waals surface area contributed by atoms with E-state index in [1.807, 2.05) is 27.7 Å². The molecule has 0 atom stereocenters. The minimum atomic E-state index is -0.915. The number of hydrogen-bond acceptors (Lipinski definition) is 4. The molecule has 0 heterocycles. The highest BCUT2D eigenvalue weighted by Crippen LogP contribution is 2.26. The van der Waals surface area contributed by atoms with Gasteiger partial charge in [-0.1, -0.05) is 51.0 Å². The van der Waals surface area contributed by atoms with E-state index in [0.717, 1.165) is 31.2 Å². The zero-order valence-corrected chi connectivity index (χ0v) is 19.5. The average molecular weight is 421 g/mol. The fraction of sp³-hybridized carbons (Fsp3) is 0.680. The first-order valence-corrected chi connectivity index (χ1v) is 11.3. The van der Waals surface area contributed by atoms with E-state index in [4.69, 9.17) is 9.47 Å². The first-order valence-electron chi connectivity index (χ1n) is 11.3. The monoisotopic (exact) mass is 420 g/mol. The Morgan fingerprint density at radius 2 is 1.40 bits per heavy atom. The molecule has 0 unspecified atom stereocenters. The Morgan fingerprint density at radius 1 is 0.867 bits per heavy atom. The lowest BCUT2D eigenvalue weighted by atomic mass is 10.0. The van der Waals surface area contributed by atoms with E-state index in [0.29, 0.717) is 29.9 Å². The van der Waals surface area contributed by atoms with Gasteiger partial charge in [-0.2, -0.15) is 0 Å². The molecule has 0 bridgehead atoms. The van der Waals surface area contributed by atoms with Crippen LogP contribution in [0, 0.1) is 13.8 Å². The number of unbranched alkanes of at least 4 members (excludes halogenated alkanes) is 8. The van der Waals surface area contributed by atoms with Crippen LogP contribution in [0.5, 0.6) is 5.75 Å². The smallest absolute Gasteiger partial charge is 0.336 e. The average Bonchev–Trinajstić information content (AvgIpc) is 2.63. The molecule has 0 saturated carbocycles. The summed E-state index contributed by atoms with van der Waals surface area (Å²) < 4.78 is 11.2. The molecule has 0 aliphatic heterocycles. The van der Waals surface area contributed by atoms with Gasteiger partial charge in [-0.25, -0.2) is 4.79 Å². The van der Waals surface area contributed by atoms with Crippen LogP contribution in [-0.2, 0) is 9.53 Å². The van der Waals surface area contributed by atoms with Crippen molar-refractivity contribution in [2.24, 2.45) is 0 Å². The Balaban J connectivity index is 2.04. The fourth-order valence-corrected chi connectivity index (χ4v) is 3.46. The third kappa shape index (κ3) is 10.7. The Hall–Kier alpha value is -2.04. The summed E-state index contributed by atoms with van der Waals surface area (Å²) in [5.41, 5.74) is 1.60. The van der Waals surface area contributed by atoms with Gasteiger partial charge in [0.2, 0.25) is 0 Å². The molecule has 0 aliphatic carbocycles. The van der Waals surface area contributed by atoms with Gasteiger partial charge in [0.05, 0.1) is 12.2 Å². The second-order valence-corrected chi connectivity index (χ2v) is 9.06. The summed E-state index contributed by atoms with van der Waals surface area (Å²) in [7, 11) is 0. The van der Waals surface area contributed by atoms with Crippen LogP contribution < -0.4 is 4.74 Å².